The molecule has 0 bridgehead atoms. The van der Waals surface area contributed by atoms with Gasteiger partial charge in [0.2, 0.25) is 59.2 Å². The third-order valence-corrected chi connectivity index (χ3v) is 24.7. The number of aliphatic carboxylic acids is 1. The topological polar surface area (TPSA) is 510 Å². The number of aromatic nitrogens is 1. The number of amides is 8. The van der Waals surface area contributed by atoms with Crippen molar-refractivity contribution in [1.82, 2.24) is 67.2 Å². The van der Waals surface area contributed by atoms with Gasteiger partial charge in [-0.3, -0.25) is 53.7 Å². The van der Waals surface area contributed by atoms with Gasteiger partial charge in [0.25, 0.3) is 20.0 Å². The normalized spacial score (nSPS) is 15.6. The largest absolute Gasteiger partial charge is 0.487 e. The van der Waals surface area contributed by atoms with Crippen LogP contribution in [-0.2, 0) is 93.6 Å². The molecule has 0 aliphatic carbocycles. The van der Waals surface area contributed by atoms with Crippen LogP contribution in [-0.4, -0.2) is 183 Å². The number of rotatable bonds is 38. The number of carbonyl (C=O) groups is 10. The Morgan fingerprint density at radius 3 is 1.55 bits per heavy atom. The zero-order valence-electron chi connectivity index (χ0n) is 73.0. The first-order valence-corrected chi connectivity index (χ1v) is 43.8. The molecule has 5 aromatic rings. The molecule has 17 N–H and O–H groups in total. The third-order valence-electron chi connectivity index (χ3n) is 21.4. The van der Waals surface area contributed by atoms with Crippen LogP contribution in [0, 0.1) is 70.1 Å². The Labute approximate surface area is 709 Å². The maximum atomic E-state index is 15.2. The van der Waals surface area contributed by atoms with E-state index in [1.807, 2.05) is 52.8 Å². The standard InChI is InChI=1S/C85H124N16O18S2/c1-21-46(6)67(98-73(104)59(86)38-54-29-23-22-24-30-54)78(109)92-53(13)72(103)95-63(39-55-43-101(82(112)119-83(14,15)16)64-34-26-25-31-56(55)64)75(106)96-62(37-44(2)3)76(107)97-66(45(4)5)77(108)94-60(32-27-35-89-80(87)99-120(113,114)70-49(9)47(7)68-57(51(70)11)40-84(17,18)117-68)74(105)91-42-65(102)93-61(79(110)111)33-28-36-90-81(88)100-121(115,116)71-50(10)48(8)69-58(52(71)12)41-85(19,20)118-69/h22-26,29-31,34,43-46,53,59-63,66-67H,21,27-28,32-33,35-42,86H2,1-20H3,(H,91,105)(H,92,109)(H,93,102)(H,94,108)(H,95,103)(H,96,106)(H,97,107)(H,98,104)(H,110,111)(H3,87,89,99)(H3,88,90,100)/t46-,53-,59-,60-,61-,62-,63-,66-,67-/m0/s1. The molecule has 8 amide bonds. The number of carbonyl (C=O) groups excluding carboxylic acids is 9. The van der Waals surface area contributed by atoms with Crippen LogP contribution in [0.1, 0.15) is 191 Å². The molecule has 1 aromatic heterocycles. The monoisotopic (exact) mass is 1720 g/mol. The second kappa shape index (κ2) is 40.7. The maximum Gasteiger partial charge on any atom is 0.419 e. The van der Waals surface area contributed by atoms with Gasteiger partial charge in [0.15, 0.2) is 0 Å². The smallest absolute Gasteiger partial charge is 0.419 e. The Hall–Kier alpha value is -10.9. The number of nitrogens with one attached hydrogen (secondary N) is 14. The van der Waals surface area contributed by atoms with E-state index in [2.05, 4.69) is 62.6 Å². The first kappa shape index (κ1) is 97.2. The number of sulfonamides is 2. The number of para-hydroxylation sites is 1. The lowest BCUT2D eigenvalue weighted by atomic mass is 9.94. The maximum absolute atomic E-state index is 15.2. The van der Waals surface area contributed by atoms with Gasteiger partial charge in [-0.15, -0.1) is 0 Å². The molecule has 0 fully saturated rings. The summed E-state index contributed by atoms with van der Waals surface area (Å²) in [5, 5.41) is 54.4. The van der Waals surface area contributed by atoms with Crippen molar-refractivity contribution in [3.63, 3.8) is 0 Å². The van der Waals surface area contributed by atoms with E-state index < -0.39 is 175 Å². The molecule has 9 atom stereocenters. The highest BCUT2D eigenvalue weighted by Crippen LogP contribution is 2.45. The fourth-order valence-electron chi connectivity index (χ4n) is 14.8. The Bertz CT molecular complexity index is 4980. The van der Waals surface area contributed by atoms with E-state index in [-0.39, 0.29) is 73.7 Å². The Kier molecular flexibility index (Phi) is 32.7. The Morgan fingerprint density at radius 2 is 1.04 bits per heavy atom. The number of benzene rings is 4. The summed E-state index contributed by atoms with van der Waals surface area (Å²) in [5.74, 6) is -9.90. The highest BCUT2D eigenvalue weighted by Gasteiger charge is 2.41. The van der Waals surface area contributed by atoms with Crippen LogP contribution in [0.15, 0.2) is 70.6 Å². The lowest BCUT2D eigenvalue weighted by molar-refractivity contribution is -0.142. The van der Waals surface area contributed by atoms with Crippen molar-refractivity contribution in [1.29, 1.82) is 10.8 Å². The predicted octanol–water partition coefficient (Wildman–Crippen LogP) is 5.74. The zero-order valence-corrected chi connectivity index (χ0v) is 74.7. The summed E-state index contributed by atoms with van der Waals surface area (Å²) in [5.41, 5.74) is 10.3. The van der Waals surface area contributed by atoms with E-state index in [1.54, 1.807) is 133 Å². The number of carboxylic acids is 1. The van der Waals surface area contributed by atoms with Gasteiger partial charge in [-0.1, -0.05) is 96.5 Å². The van der Waals surface area contributed by atoms with Crippen LogP contribution in [0.2, 0.25) is 0 Å². The average molecular weight is 1720 g/mol. The van der Waals surface area contributed by atoms with Gasteiger partial charge in [0.1, 0.15) is 70.6 Å². The van der Waals surface area contributed by atoms with E-state index in [0.717, 1.165) is 16.7 Å². The van der Waals surface area contributed by atoms with E-state index in [0.29, 0.717) is 80.6 Å². The second-order valence-electron chi connectivity index (χ2n) is 34.5. The van der Waals surface area contributed by atoms with E-state index >= 15 is 4.79 Å². The quantitative estimate of drug-likeness (QED) is 0.0127. The molecule has 0 radical (unpaired) electrons. The SMILES string of the molecule is CC[C@H](C)[C@H](NC(=O)[C@@H](N)Cc1ccccc1)C(=O)N[C@@H](C)C(=O)N[C@@H](Cc1cn(C(=O)OC(C)(C)C)c2ccccc12)C(=O)N[C@@H](CC(C)C)C(=O)N[C@H](C(=O)N[C@@H](CCCNC(=N)NS(=O)(=O)c1c(C)c(C)c2c(c1C)CC(C)(C)O2)C(=O)NCC(=O)N[C@@H](CCCNC(=N)NS(=O)(=O)c1c(C)c(C)c2c(c1C)CC(C)(C)O2)C(=O)O)C(C)C. The summed E-state index contributed by atoms with van der Waals surface area (Å²) < 4.78 is 79.7. The number of hydrogen-bond donors (Lipinski definition) is 16. The molecule has 0 spiro atoms. The molecule has 36 heteroatoms. The van der Waals surface area contributed by atoms with Crippen LogP contribution in [0.4, 0.5) is 4.79 Å². The van der Waals surface area contributed by atoms with E-state index in [4.69, 9.17) is 30.8 Å². The van der Waals surface area contributed by atoms with Crippen LogP contribution >= 0.6 is 0 Å². The van der Waals surface area contributed by atoms with Crippen LogP contribution in [0.5, 0.6) is 11.5 Å². The van der Waals surface area contributed by atoms with Crippen molar-refractivity contribution in [2.24, 2.45) is 23.5 Å². The number of hydrogen-bond acceptors (Lipinski definition) is 20. The van der Waals surface area contributed by atoms with Gasteiger partial charge in [-0.2, -0.15) is 0 Å². The average Bonchev–Trinajstić information content (AvgIpc) is 1.66. The van der Waals surface area contributed by atoms with Gasteiger partial charge in [-0.25, -0.2) is 35.9 Å². The predicted molar refractivity (Wildman–Crippen MR) is 458 cm³/mol. The molecule has 664 valence electrons. The summed E-state index contributed by atoms with van der Waals surface area (Å²) in [7, 11) is -8.70. The number of guanidine groups is 2. The van der Waals surface area contributed by atoms with Crippen molar-refractivity contribution in [2.75, 3.05) is 19.6 Å². The molecule has 0 saturated heterocycles. The molecule has 34 nitrogen and oxygen atoms in total. The minimum absolute atomic E-state index is 0.00251. The van der Waals surface area contributed by atoms with Crippen LogP contribution in [0.3, 0.4) is 0 Å². The number of fused-ring (bicyclic) bond motifs is 3. The molecular weight excluding hydrogens is 1600 g/mol. The zero-order chi connectivity index (χ0) is 90.5. The lowest BCUT2D eigenvalue weighted by Gasteiger charge is -2.29. The molecular formula is C85H124N16O18S2. The first-order chi connectivity index (χ1) is 56.3. The summed E-state index contributed by atoms with van der Waals surface area (Å²) in [6.45, 7) is 33.3. The molecule has 3 heterocycles. The Morgan fingerprint density at radius 1 is 0.562 bits per heavy atom. The summed E-state index contributed by atoms with van der Waals surface area (Å²) >= 11 is 0. The number of nitrogens with zero attached hydrogens (tertiary/aromatic N) is 1. The molecule has 4 aromatic carbocycles. The van der Waals surface area contributed by atoms with Gasteiger partial charge < -0.3 is 78.2 Å². The molecule has 121 heavy (non-hydrogen) atoms. The van der Waals surface area contributed by atoms with E-state index in [9.17, 15) is 65.1 Å². The Balaban J connectivity index is 1.09. The van der Waals surface area contributed by atoms with Crippen LogP contribution < -0.4 is 77.8 Å². The molecule has 0 saturated carbocycles. The summed E-state index contributed by atoms with van der Waals surface area (Å²) in [6.07, 6.45) is 1.26. The van der Waals surface area contributed by atoms with Gasteiger partial charge in [0, 0.05) is 55.1 Å². The molecule has 7 rings (SSSR count). The molecule has 0 unspecified atom stereocenters. The van der Waals surface area contributed by atoms with Gasteiger partial charge in [-0.05, 0) is 204 Å². The van der Waals surface area contributed by atoms with E-state index in [1.165, 1.54) is 17.7 Å². The minimum atomic E-state index is -4.40. The van der Waals surface area contributed by atoms with Gasteiger partial charge in [0.05, 0.1) is 27.9 Å². The number of ether oxygens (including phenoxy) is 3. The van der Waals surface area contributed by atoms with Crippen molar-refractivity contribution >= 4 is 102 Å². The molecule has 2 aliphatic rings. The summed E-state index contributed by atoms with van der Waals surface area (Å²) in [6, 6.07) is 4.68. The third kappa shape index (κ3) is 25.8. The number of nitrogens with two attached hydrogens (primary N) is 1. The highest BCUT2D eigenvalue weighted by atomic mass is 32.2. The summed E-state index contributed by atoms with van der Waals surface area (Å²) in [4.78, 5) is 142. The van der Waals surface area contributed by atoms with Crippen LogP contribution in [0.25, 0.3) is 10.9 Å². The fraction of sp³-hybridized carbons (Fsp3) is 0.553. The van der Waals surface area contributed by atoms with Crippen molar-refractivity contribution < 1.29 is 84.1 Å². The highest BCUT2D eigenvalue weighted by molar-refractivity contribution is 7.90. The number of carboxylic acid groups (broad SMARTS) is 1. The van der Waals surface area contributed by atoms with Crippen molar-refractivity contribution in [3.05, 3.63) is 116 Å². The fourth-order valence-corrected chi connectivity index (χ4v) is 17.8. The van der Waals surface area contributed by atoms with Crippen molar-refractivity contribution in [3.8, 4) is 11.5 Å². The minimum Gasteiger partial charge on any atom is -0.487 e. The van der Waals surface area contributed by atoms with Crippen molar-refractivity contribution in [2.45, 2.75) is 278 Å². The second-order valence-corrected chi connectivity index (χ2v) is 37.8. The first-order valence-electron chi connectivity index (χ1n) is 40.8. The molecule has 2 aliphatic heterocycles. The van der Waals surface area contributed by atoms with Gasteiger partial charge >= 0.3 is 12.1 Å². The lowest BCUT2D eigenvalue weighted by Crippen LogP contribution is -2.61.